The van der Waals surface area contributed by atoms with E-state index in [0.717, 1.165) is 0 Å². The van der Waals surface area contributed by atoms with Crippen molar-refractivity contribution in [1.82, 2.24) is 9.91 Å². The zero-order valence-corrected chi connectivity index (χ0v) is 10.5. The van der Waals surface area contributed by atoms with Crippen molar-refractivity contribution in [1.29, 1.82) is 0 Å². The molecule has 0 amide bonds. The molecule has 0 spiro atoms. The molecule has 3 nitrogen and oxygen atoms in total. The third-order valence-corrected chi connectivity index (χ3v) is 2.66. The van der Waals surface area contributed by atoms with Crippen LogP contribution in [0.25, 0.3) is 0 Å². The number of hydrazone groups is 1. The van der Waals surface area contributed by atoms with Crippen LogP contribution in [0.5, 0.6) is 0 Å². The molecule has 0 aliphatic carbocycles. The van der Waals surface area contributed by atoms with Crippen LogP contribution in [0.4, 0.5) is 22.0 Å². The maximum absolute atomic E-state index is 13.4. The third kappa shape index (κ3) is 2.37. The van der Waals surface area contributed by atoms with E-state index in [9.17, 15) is 22.0 Å². The van der Waals surface area contributed by atoms with E-state index >= 15 is 0 Å². The zero-order chi connectivity index (χ0) is 14.3. The summed E-state index contributed by atoms with van der Waals surface area (Å²) in [4.78, 5) is -0.0162. The maximum Gasteiger partial charge on any atom is 0.475 e. The van der Waals surface area contributed by atoms with E-state index in [4.69, 9.17) is 0 Å². The smallest absolute Gasteiger partial charge is 0.272 e. The molecule has 0 saturated carbocycles. The standard InChI is InChI=1S/C10H16F5N3/c1-6(2)8-17(5-16-18(8)7(3)4)10(14,15)9(11,12)13/h5-8H,1-4H3. The molecule has 1 aliphatic rings. The fraction of sp³-hybridized carbons (Fsp3) is 0.900. The second-order valence-electron chi connectivity index (χ2n) is 4.81. The van der Waals surface area contributed by atoms with Crippen LogP contribution in [0, 0.1) is 5.92 Å². The molecule has 0 N–H and O–H groups in total. The van der Waals surface area contributed by atoms with Crippen molar-refractivity contribution < 1.29 is 22.0 Å². The van der Waals surface area contributed by atoms with Gasteiger partial charge in [-0.1, -0.05) is 13.8 Å². The van der Waals surface area contributed by atoms with Crippen LogP contribution in [0.2, 0.25) is 0 Å². The lowest BCUT2D eigenvalue weighted by atomic mass is 10.1. The molecule has 0 saturated heterocycles. The first-order chi connectivity index (χ1) is 8.00. The van der Waals surface area contributed by atoms with Gasteiger partial charge in [-0.15, -0.1) is 0 Å². The molecule has 106 valence electrons. The van der Waals surface area contributed by atoms with Crippen LogP contribution in [0.3, 0.4) is 0 Å². The Balaban J connectivity index is 3.07. The van der Waals surface area contributed by atoms with E-state index < -0.39 is 24.3 Å². The van der Waals surface area contributed by atoms with Crippen LogP contribution in [-0.4, -0.2) is 40.7 Å². The van der Waals surface area contributed by atoms with Crippen molar-refractivity contribution in [2.75, 3.05) is 0 Å². The molecule has 0 bridgehead atoms. The molecule has 0 radical (unpaired) electrons. The topological polar surface area (TPSA) is 18.8 Å². The van der Waals surface area contributed by atoms with Crippen molar-refractivity contribution in [3.63, 3.8) is 0 Å². The fourth-order valence-corrected chi connectivity index (χ4v) is 1.83. The van der Waals surface area contributed by atoms with Gasteiger partial charge in [-0.3, -0.25) is 9.91 Å². The van der Waals surface area contributed by atoms with E-state index in [1.165, 1.54) is 5.01 Å². The molecule has 1 heterocycles. The monoisotopic (exact) mass is 273 g/mol. The van der Waals surface area contributed by atoms with Gasteiger partial charge in [0.25, 0.3) is 0 Å². The van der Waals surface area contributed by atoms with Crippen LogP contribution in [-0.2, 0) is 0 Å². The number of rotatable bonds is 3. The summed E-state index contributed by atoms with van der Waals surface area (Å²) >= 11 is 0. The van der Waals surface area contributed by atoms with Gasteiger partial charge in [0.1, 0.15) is 12.5 Å². The summed E-state index contributed by atoms with van der Waals surface area (Å²) in [6.45, 7) is 6.52. The highest BCUT2D eigenvalue weighted by molar-refractivity contribution is 5.58. The first-order valence-electron chi connectivity index (χ1n) is 5.55. The lowest BCUT2D eigenvalue weighted by molar-refractivity contribution is -0.336. The molecule has 0 aromatic carbocycles. The van der Waals surface area contributed by atoms with Gasteiger partial charge in [-0.05, 0) is 19.8 Å². The Bertz CT molecular complexity index is 324. The normalized spacial score (nSPS) is 21.6. The highest BCUT2D eigenvalue weighted by Gasteiger charge is 2.64. The van der Waals surface area contributed by atoms with Gasteiger partial charge in [0.05, 0.1) is 0 Å². The van der Waals surface area contributed by atoms with Gasteiger partial charge in [-0.2, -0.15) is 27.1 Å². The minimum absolute atomic E-state index is 0.0162. The van der Waals surface area contributed by atoms with E-state index in [1.54, 1.807) is 27.7 Å². The van der Waals surface area contributed by atoms with Crippen molar-refractivity contribution in [2.24, 2.45) is 11.0 Å². The summed E-state index contributed by atoms with van der Waals surface area (Å²) in [5.41, 5.74) is 0. The fourth-order valence-electron chi connectivity index (χ4n) is 1.83. The molecular formula is C10H16F5N3. The first kappa shape index (κ1) is 15.0. The average Bonchev–Trinajstić information content (AvgIpc) is 2.59. The Hall–Kier alpha value is -1.08. The van der Waals surface area contributed by atoms with E-state index in [0.29, 0.717) is 6.34 Å². The Morgan fingerprint density at radius 3 is 1.89 bits per heavy atom. The van der Waals surface area contributed by atoms with Gasteiger partial charge in [0.2, 0.25) is 0 Å². The van der Waals surface area contributed by atoms with Crippen molar-refractivity contribution in [3.05, 3.63) is 0 Å². The largest absolute Gasteiger partial charge is 0.475 e. The summed E-state index contributed by atoms with van der Waals surface area (Å²) in [6.07, 6.45) is -6.17. The highest BCUT2D eigenvalue weighted by Crippen LogP contribution is 2.42. The van der Waals surface area contributed by atoms with Crippen molar-refractivity contribution in [2.45, 2.75) is 52.1 Å². The molecule has 1 unspecified atom stereocenters. The van der Waals surface area contributed by atoms with Crippen molar-refractivity contribution in [3.8, 4) is 0 Å². The molecule has 18 heavy (non-hydrogen) atoms. The third-order valence-electron chi connectivity index (χ3n) is 2.66. The minimum Gasteiger partial charge on any atom is -0.272 e. The average molecular weight is 273 g/mol. The number of nitrogens with zero attached hydrogens (tertiary/aromatic N) is 3. The molecule has 1 atom stereocenters. The number of hydrogen-bond donors (Lipinski definition) is 0. The predicted octanol–water partition coefficient (Wildman–Crippen LogP) is 3.09. The highest BCUT2D eigenvalue weighted by atomic mass is 19.4. The van der Waals surface area contributed by atoms with E-state index in [2.05, 4.69) is 5.10 Å². The Kier molecular flexibility index (Phi) is 3.78. The second-order valence-corrected chi connectivity index (χ2v) is 4.81. The summed E-state index contributed by atoms with van der Waals surface area (Å²) in [5.74, 6) is -0.428. The van der Waals surface area contributed by atoms with Crippen LogP contribution >= 0.6 is 0 Å². The van der Waals surface area contributed by atoms with Crippen LogP contribution in [0.15, 0.2) is 5.10 Å². The Morgan fingerprint density at radius 1 is 1.06 bits per heavy atom. The first-order valence-corrected chi connectivity index (χ1v) is 5.55. The zero-order valence-electron chi connectivity index (χ0n) is 10.5. The lowest BCUT2D eigenvalue weighted by Gasteiger charge is -2.39. The van der Waals surface area contributed by atoms with Crippen molar-refractivity contribution >= 4 is 6.34 Å². The molecule has 0 aromatic heterocycles. The Morgan fingerprint density at radius 2 is 1.56 bits per heavy atom. The van der Waals surface area contributed by atoms with Crippen LogP contribution < -0.4 is 0 Å². The number of alkyl halides is 5. The molecule has 1 aliphatic heterocycles. The van der Waals surface area contributed by atoms with Crippen LogP contribution in [0.1, 0.15) is 27.7 Å². The summed E-state index contributed by atoms with van der Waals surface area (Å²) in [6, 6.07) is -5.18. The summed E-state index contributed by atoms with van der Waals surface area (Å²) < 4.78 is 63.9. The molecule has 8 heteroatoms. The van der Waals surface area contributed by atoms with E-state index in [-0.39, 0.29) is 10.9 Å². The summed E-state index contributed by atoms with van der Waals surface area (Å²) in [7, 11) is 0. The SMILES string of the molecule is CC(C)C1N(C(C)C)N=CN1C(F)(F)C(F)(F)F. The molecular weight excluding hydrogens is 257 g/mol. The quantitative estimate of drug-likeness (QED) is 0.581. The summed E-state index contributed by atoms with van der Waals surface area (Å²) in [5, 5.41) is 4.91. The van der Waals surface area contributed by atoms with Gasteiger partial charge in [0.15, 0.2) is 0 Å². The maximum atomic E-state index is 13.4. The Labute approximate surface area is 102 Å². The molecule has 1 rings (SSSR count). The van der Waals surface area contributed by atoms with E-state index in [1.807, 2.05) is 0 Å². The van der Waals surface area contributed by atoms with Gasteiger partial charge in [-0.25, -0.2) is 0 Å². The number of halogens is 5. The molecule has 0 aromatic rings. The van der Waals surface area contributed by atoms with Gasteiger partial charge < -0.3 is 0 Å². The second kappa shape index (κ2) is 4.55. The lowest BCUT2D eigenvalue weighted by Crippen LogP contribution is -2.58. The molecule has 0 fully saturated rings. The number of hydrogen-bond acceptors (Lipinski definition) is 3. The van der Waals surface area contributed by atoms with Gasteiger partial charge in [0, 0.05) is 6.04 Å². The predicted molar refractivity (Wildman–Crippen MR) is 56.9 cm³/mol. The minimum atomic E-state index is -5.63. The van der Waals surface area contributed by atoms with Gasteiger partial charge >= 0.3 is 12.2 Å².